The van der Waals surface area contributed by atoms with Gasteiger partial charge in [0.25, 0.3) is 0 Å². The number of nitrogens with zero attached hydrogens (tertiary/aromatic N) is 1. The Hall–Kier alpha value is -3.73. The van der Waals surface area contributed by atoms with Crippen molar-refractivity contribution in [2.24, 2.45) is 11.3 Å². The molecule has 1 N–H and O–H groups in total. The van der Waals surface area contributed by atoms with Crippen LogP contribution in [0.5, 0.6) is 0 Å². The van der Waals surface area contributed by atoms with E-state index in [1.807, 2.05) is 31.2 Å². The van der Waals surface area contributed by atoms with Gasteiger partial charge in [0.05, 0.1) is 17.0 Å². The van der Waals surface area contributed by atoms with E-state index in [4.69, 9.17) is 0 Å². The predicted molar refractivity (Wildman–Crippen MR) is 121 cm³/mol. The van der Waals surface area contributed by atoms with Gasteiger partial charge in [0, 0.05) is 24.4 Å². The monoisotopic (exact) mass is 422 g/mol. The van der Waals surface area contributed by atoms with Crippen LogP contribution in [0.15, 0.2) is 72.8 Å². The van der Waals surface area contributed by atoms with E-state index in [1.165, 1.54) is 11.8 Å². The molecule has 0 aromatic heterocycles. The molecule has 5 heteroatoms. The molecule has 3 aliphatic carbocycles. The van der Waals surface area contributed by atoms with Crippen LogP contribution in [0, 0.1) is 11.3 Å². The molecule has 3 aromatic carbocycles. The molecule has 158 valence electrons. The number of hydrogen-bond acceptors (Lipinski definition) is 3. The van der Waals surface area contributed by atoms with Gasteiger partial charge < -0.3 is 5.32 Å². The Bertz CT molecular complexity index is 1260. The highest BCUT2D eigenvalue weighted by Gasteiger charge is 2.68. The number of anilines is 2. The number of hydrogen-bond donors (Lipinski definition) is 1. The molecular weight excluding hydrogens is 400 g/mol. The standard InChI is InChI=1S/C27H22N2O3/c1-15(30)28-16-11-13-17(14-12-16)29-25(31)24-22-18-7-3-5-9-20(18)23(27(24,2)26(29)32)21-10-6-4-8-19(21)22/h3-14,22-24H,1-2H3,(H,28,30)/t22?,23?,24-,27+/m0/s1. The van der Waals surface area contributed by atoms with E-state index in [1.54, 1.807) is 24.3 Å². The third kappa shape index (κ3) is 2.25. The first kappa shape index (κ1) is 19.0. The molecule has 7 rings (SSSR count). The Labute approximate surface area is 186 Å². The molecule has 0 radical (unpaired) electrons. The zero-order valence-electron chi connectivity index (χ0n) is 17.8. The predicted octanol–water partition coefficient (Wildman–Crippen LogP) is 4.43. The quantitative estimate of drug-likeness (QED) is 0.621. The Kier molecular flexibility index (Phi) is 3.79. The topological polar surface area (TPSA) is 66.5 Å². The fraction of sp³-hybridized carbons (Fsp3) is 0.222. The van der Waals surface area contributed by atoms with Crippen LogP contribution >= 0.6 is 0 Å². The molecule has 0 saturated carbocycles. The molecule has 2 atom stereocenters. The Morgan fingerprint density at radius 3 is 1.91 bits per heavy atom. The number of imide groups is 1. The summed E-state index contributed by atoms with van der Waals surface area (Å²) in [6.45, 7) is 3.41. The maximum absolute atomic E-state index is 14.0. The van der Waals surface area contributed by atoms with Gasteiger partial charge >= 0.3 is 0 Å². The Morgan fingerprint density at radius 1 is 0.844 bits per heavy atom. The Balaban J connectivity index is 1.51. The largest absolute Gasteiger partial charge is 0.326 e. The van der Waals surface area contributed by atoms with Gasteiger partial charge in [0.15, 0.2) is 0 Å². The van der Waals surface area contributed by atoms with E-state index in [9.17, 15) is 14.4 Å². The van der Waals surface area contributed by atoms with E-state index >= 15 is 0 Å². The molecule has 1 heterocycles. The molecule has 0 spiro atoms. The first-order chi connectivity index (χ1) is 15.4. The van der Waals surface area contributed by atoms with Crippen LogP contribution in [0.25, 0.3) is 0 Å². The minimum atomic E-state index is -0.846. The van der Waals surface area contributed by atoms with Gasteiger partial charge in [-0.05, 0) is 53.4 Å². The highest BCUT2D eigenvalue weighted by Crippen LogP contribution is 2.67. The maximum Gasteiger partial charge on any atom is 0.241 e. The zero-order chi connectivity index (χ0) is 22.2. The first-order valence-electron chi connectivity index (χ1n) is 10.9. The van der Waals surface area contributed by atoms with Crippen LogP contribution in [0.3, 0.4) is 0 Å². The van der Waals surface area contributed by atoms with Crippen molar-refractivity contribution in [2.75, 3.05) is 10.2 Å². The first-order valence-corrected chi connectivity index (χ1v) is 10.9. The van der Waals surface area contributed by atoms with Crippen molar-refractivity contribution in [1.82, 2.24) is 0 Å². The van der Waals surface area contributed by atoms with Crippen molar-refractivity contribution in [2.45, 2.75) is 25.7 Å². The van der Waals surface area contributed by atoms with Crippen LogP contribution in [-0.2, 0) is 14.4 Å². The molecule has 1 aliphatic heterocycles. The maximum atomic E-state index is 14.0. The van der Waals surface area contributed by atoms with Gasteiger partial charge in [-0.3, -0.25) is 14.4 Å². The lowest BCUT2D eigenvalue weighted by Gasteiger charge is -2.51. The number of benzene rings is 3. The van der Waals surface area contributed by atoms with Gasteiger partial charge in [-0.25, -0.2) is 4.90 Å². The van der Waals surface area contributed by atoms with Gasteiger partial charge in [-0.15, -0.1) is 0 Å². The average Bonchev–Trinajstić information content (AvgIpc) is 3.00. The van der Waals surface area contributed by atoms with Crippen molar-refractivity contribution in [1.29, 1.82) is 0 Å². The lowest BCUT2D eigenvalue weighted by molar-refractivity contribution is -0.128. The lowest BCUT2D eigenvalue weighted by atomic mass is 9.48. The van der Waals surface area contributed by atoms with Crippen LogP contribution in [0.1, 0.15) is 47.9 Å². The fourth-order valence-corrected chi connectivity index (χ4v) is 6.26. The second-order valence-electron chi connectivity index (χ2n) is 9.14. The van der Waals surface area contributed by atoms with Crippen molar-refractivity contribution in [3.05, 3.63) is 95.1 Å². The van der Waals surface area contributed by atoms with Crippen LogP contribution in [0.4, 0.5) is 11.4 Å². The average molecular weight is 422 g/mol. The zero-order valence-corrected chi connectivity index (χ0v) is 17.8. The number of amides is 3. The lowest BCUT2D eigenvalue weighted by Crippen LogP contribution is -2.49. The summed E-state index contributed by atoms with van der Waals surface area (Å²) in [5.74, 6) is -1.22. The summed E-state index contributed by atoms with van der Waals surface area (Å²) in [6.07, 6.45) is 0. The van der Waals surface area contributed by atoms with Gasteiger partial charge in [-0.1, -0.05) is 48.5 Å². The number of carbonyl (C=O) groups excluding carboxylic acids is 3. The molecule has 1 saturated heterocycles. The summed E-state index contributed by atoms with van der Waals surface area (Å²) in [5.41, 5.74) is 4.94. The number of carbonyl (C=O) groups is 3. The van der Waals surface area contributed by atoms with Crippen LogP contribution in [-0.4, -0.2) is 17.7 Å². The number of rotatable bonds is 2. The van der Waals surface area contributed by atoms with E-state index in [0.29, 0.717) is 11.4 Å². The summed E-state index contributed by atoms with van der Waals surface area (Å²) in [5, 5.41) is 2.72. The summed E-state index contributed by atoms with van der Waals surface area (Å²) in [4.78, 5) is 40.5. The SMILES string of the molecule is CC(=O)Nc1ccc(N2C(=O)[C@@H]3C4c5ccccc5C(c5ccccc54)[C@@]3(C)C2=O)cc1. The van der Waals surface area contributed by atoms with Gasteiger partial charge in [-0.2, -0.15) is 0 Å². The van der Waals surface area contributed by atoms with Gasteiger partial charge in [0.2, 0.25) is 17.7 Å². The molecule has 4 aliphatic rings. The van der Waals surface area contributed by atoms with E-state index in [2.05, 4.69) is 29.6 Å². The normalized spacial score (nSPS) is 27.1. The van der Waals surface area contributed by atoms with Crippen molar-refractivity contribution in [3.63, 3.8) is 0 Å². The summed E-state index contributed by atoms with van der Waals surface area (Å²) in [6, 6.07) is 23.4. The summed E-state index contributed by atoms with van der Waals surface area (Å²) < 4.78 is 0. The smallest absolute Gasteiger partial charge is 0.241 e. The van der Waals surface area contributed by atoms with Crippen molar-refractivity contribution < 1.29 is 14.4 Å². The van der Waals surface area contributed by atoms with E-state index in [0.717, 1.165) is 22.3 Å². The number of nitrogens with one attached hydrogen (secondary N) is 1. The van der Waals surface area contributed by atoms with Crippen molar-refractivity contribution >= 4 is 29.1 Å². The van der Waals surface area contributed by atoms with Crippen LogP contribution < -0.4 is 10.2 Å². The molecule has 5 nitrogen and oxygen atoms in total. The van der Waals surface area contributed by atoms with E-state index in [-0.39, 0.29) is 29.6 Å². The van der Waals surface area contributed by atoms with Crippen molar-refractivity contribution in [3.8, 4) is 0 Å². The highest BCUT2D eigenvalue weighted by molar-refractivity contribution is 6.25. The molecule has 1 fully saturated rings. The summed E-state index contributed by atoms with van der Waals surface area (Å²) in [7, 11) is 0. The molecular formula is C27H22N2O3. The fourth-order valence-electron chi connectivity index (χ4n) is 6.26. The van der Waals surface area contributed by atoms with Crippen LogP contribution in [0.2, 0.25) is 0 Å². The second kappa shape index (κ2) is 6.39. The van der Waals surface area contributed by atoms with E-state index < -0.39 is 11.3 Å². The molecule has 3 aromatic rings. The molecule has 0 unspecified atom stereocenters. The summed E-state index contributed by atoms with van der Waals surface area (Å²) >= 11 is 0. The minimum absolute atomic E-state index is 0.141. The molecule has 3 amide bonds. The highest BCUT2D eigenvalue weighted by atomic mass is 16.2. The second-order valence-corrected chi connectivity index (χ2v) is 9.14. The molecule has 32 heavy (non-hydrogen) atoms. The third-order valence-electron chi connectivity index (χ3n) is 7.46. The minimum Gasteiger partial charge on any atom is -0.326 e. The third-order valence-corrected chi connectivity index (χ3v) is 7.46. The molecule has 2 bridgehead atoms. The Morgan fingerprint density at radius 2 is 1.38 bits per heavy atom. The van der Waals surface area contributed by atoms with Gasteiger partial charge in [0.1, 0.15) is 0 Å².